The highest BCUT2D eigenvalue weighted by Gasteiger charge is 2.49. The molecule has 5 rings (SSSR count). The molecule has 1 aliphatic carbocycles. The van der Waals surface area contributed by atoms with Crippen molar-refractivity contribution in [1.29, 1.82) is 0 Å². The normalized spacial score (nSPS) is 15.5. The van der Waals surface area contributed by atoms with E-state index in [1.165, 1.54) is 12.4 Å². The van der Waals surface area contributed by atoms with Gasteiger partial charge in [0.25, 0.3) is 11.7 Å². The van der Waals surface area contributed by atoms with Gasteiger partial charge in [-0.1, -0.05) is 0 Å². The van der Waals surface area contributed by atoms with Crippen molar-refractivity contribution in [3.8, 4) is 0 Å². The van der Waals surface area contributed by atoms with Gasteiger partial charge in [0.15, 0.2) is 5.82 Å². The summed E-state index contributed by atoms with van der Waals surface area (Å²) in [5, 5.41) is 13.2. The van der Waals surface area contributed by atoms with Crippen LogP contribution in [-0.4, -0.2) is 42.6 Å². The minimum absolute atomic E-state index is 0.204. The number of aromatic amines is 1. The van der Waals surface area contributed by atoms with Crippen LogP contribution in [0.4, 0.5) is 11.5 Å². The second-order valence-corrected chi connectivity index (χ2v) is 8.20. The topological polar surface area (TPSA) is 170 Å². The third-order valence-electron chi connectivity index (χ3n) is 6.12. The molecule has 0 unspecified atom stereocenters. The van der Waals surface area contributed by atoms with Crippen molar-refractivity contribution in [3.05, 3.63) is 52.7 Å². The molecule has 3 aromatic heterocycles. The smallest absolute Gasteiger partial charge is 0.379 e. The molecule has 4 heterocycles. The Bertz CT molecular complexity index is 1260. The van der Waals surface area contributed by atoms with Crippen LogP contribution in [0.5, 0.6) is 0 Å². The molecule has 1 aliphatic heterocycles. The summed E-state index contributed by atoms with van der Waals surface area (Å²) in [5.41, 5.74) is 10.0. The molecule has 0 radical (unpaired) electrons. The predicted octanol–water partition coefficient (Wildman–Crippen LogP) is 1.01. The number of nitrogens with two attached hydrogens (primary N) is 1. The number of amides is 1. The van der Waals surface area contributed by atoms with Crippen LogP contribution in [-0.2, 0) is 28.1 Å². The van der Waals surface area contributed by atoms with Gasteiger partial charge < -0.3 is 20.5 Å². The van der Waals surface area contributed by atoms with Crippen LogP contribution >= 0.6 is 0 Å². The molecule has 3 aromatic rings. The zero-order chi connectivity index (χ0) is 23.2. The Morgan fingerprint density at radius 2 is 2.12 bits per heavy atom. The van der Waals surface area contributed by atoms with Crippen LogP contribution in [0, 0.1) is 6.92 Å². The lowest BCUT2D eigenvalue weighted by Gasteiger charge is -2.14. The number of hydrogen-bond acceptors (Lipinski definition) is 9. The molecule has 0 atom stereocenters. The highest BCUT2D eigenvalue weighted by atomic mass is 16.7. The third-order valence-corrected chi connectivity index (χ3v) is 6.12. The summed E-state index contributed by atoms with van der Waals surface area (Å²) in [6.45, 7) is 2.19. The molecule has 1 amide bonds. The molecule has 5 N–H and O–H groups in total. The maximum Gasteiger partial charge on any atom is 0.379 e. The van der Waals surface area contributed by atoms with Gasteiger partial charge in [0.2, 0.25) is 0 Å². The van der Waals surface area contributed by atoms with Crippen molar-refractivity contribution >= 4 is 29.2 Å². The number of H-pyrrole nitrogens is 1. The molecule has 12 nitrogen and oxygen atoms in total. The fraction of sp³-hybridized carbons (Fsp3) is 0.333. The zero-order valence-corrected chi connectivity index (χ0v) is 17.8. The van der Waals surface area contributed by atoms with Crippen LogP contribution in [0.2, 0.25) is 0 Å². The van der Waals surface area contributed by atoms with Gasteiger partial charge in [-0.25, -0.2) is 9.78 Å². The van der Waals surface area contributed by atoms with Crippen molar-refractivity contribution in [2.75, 3.05) is 11.2 Å². The first kappa shape index (κ1) is 20.7. The molecule has 2 aliphatic rings. The molecule has 0 spiro atoms. The number of hydrogen-bond donors (Lipinski definition) is 4. The molecule has 12 heteroatoms. The third kappa shape index (κ3) is 3.49. The number of nitrogen functional groups attached to an aromatic ring is 1. The zero-order valence-electron chi connectivity index (χ0n) is 17.8. The van der Waals surface area contributed by atoms with Crippen LogP contribution in [0.15, 0.2) is 24.5 Å². The minimum atomic E-state index is -0.738. The largest absolute Gasteiger partial charge is 0.396 e. The van der Waals surface area contributed by atoms with Crippen molar-refractivity contribution < 1.29 is 19.2 Å². The highest BCUT2D eigenvalue weighted by molar-refractivity contribution is 6.43. The first-order chi connectivity index (χ1) is 15.9. The van der Waals surface area contributed by atoms with E-state index in [1.54, 1.807) is 23.6 Å². The number of Topliss-reactive ketones (excluding diaryl/α,β-unsaturated/α-hetero) is 1. The summed E-state index contributed by atoms with van der Waals surface area (Å²) in [6.07, 6.45) is 5.72. The van der Waals surface area contributed by atoms with E-state index in [4.69, 9.17) is 10.6 Å². The van der Waals surface area contributed by atoms with Crippen LogP contribution in [0.25, 0.3) is 0 Å². The van der Waals surface area contributed by atoms with Gasteiger partial charge in [-0.3, -0.25) is 9.59 Å². The number of carbonyl (C=O) groups excluding carboxylic acids is 3. The minimum Gasteiger partial charge on any atom is -0.396 e. The SMILES string of the molecule is Cc1c(C(=O)C(=O)NC2(c3cn[nH]n3)CC2)c2n(c1C(=O)ONc1ncccc1N)CCC2. The average molecular weight is 450 g/mol. The Morgan fingerprint density at radius 1 is 1.30 bits per heavy atom. The van der Waals surface area contributed by atoms with E-state index in [0.717, 1.165) is 6.42 Å². The van der Waals surface area contributed by atoms with Gasteiger partial charge in [-0.05, 0) is 50.3 Å². The predicted molar refractivity (Wildman–Crippen MR) is 115 cm³/mol. The van der Waals surface area contributed by atoms with Crippen molar-refractivity contribution in [2.45, 2.75) is 44.7 Å². The Balaban J connectivity index is 1.38. The number of fused-ring (bicyclic) bond motifs is 1. The molecular formula is C21H22N8O4. The van der Waals surface area contributed by atoms with E-state index >= 15 is 0 Å². The molecule has 170 valence electrons. The lowest BCUT2D eigenvalue weighted by Crippen LogP contribution is -2.40. The summed E-state index contributed by atoms with van der Waals surface area (Å²) in [7, 11) is 0. The number of nitrogens with zero attached hydrogens (tertiary/aromatic N) is 4. The van der Waals surface area contributed by atoms with Gasteiger partial charge in [0.05, 0.1) is 23.0 Å². The number of anilines is 2. The molecule has 1 fully saturated rings. The van der Waals surface area contributed by atoms with Gasteiger partial charge in [0, 0.05) is 18.4 Å². The molecule has 1 saturated carbocycles. The highest BCUT2D eigenvalue weighted by Crippen LogP contribution is 2.44. The Labute approximate surface area is 187 Å². The van der Waals surface area contributed by atoms with Crippen LogP contribution in [0.1, 0.15) is 57.1 Å². The van der Waals surface area contributed by atoms with Crippen molar-refractivity contribution in [3.63, 3.8) is 0 Å². The summed E-state index contributed by atoms with van der Waals surface area (Å²) in [4.78, 5) is 48.2. The number of aromatic nitrogens is 5. The van der Waals surface area contributed by atoms with Gasteiger partial charge in [0.1, 0.15) is 11.4 Å². The summed E-state index contributed by atoms with van der Waals surface area (Å²) < 4.78 is 1.74. The summed E-state index contributed by atoms with van der Waals surface area (Å²) in [6, 6.07) is 3.27. The van der Waals surface area contributed by atoms with Crippen LogP contribution < -0.4 is 16.5 Å². The number of rotatable bonds is 7. The number of pyridine rings is 1. The van der Waals surface area contributed by atoms with E-state index in [0.29, 0.717) is 48.4 Å². The standard InChI is InChI=1S/C21H22N8O4/c1-11-15(17(30)19(31)25-21(6-7-21)14-10-24-28-26-14)13-5-3-9-29(13)16(11)20(32)33-27-18-12(22)4-2-8-23-18/h2,4,8,10H,3,5-7,9,22H2,1H3,(H,23,27)(H,25,31)(H,24,26,28). The monoisotopic (exact) mass is 450 g/mol. The van der Waals surface area contributed by atoms with E-state index < -0.39 is 23.2 Å². The quantitative estimate of drug-likeness (QED) is 0.233. The number of ketones is 1. The second-order valence-electron chi connectivity index (χ2n) is 8.20. The molecular weight excluding hydrogens is 428 g/mol. The average Bonchev–Trinajstić information content (AvgIpc) is 3.15. The van der Waals surface area contributed by atoms with E-state index in [1.807, 2.05) is 0 Å². The second kappa shape index (κ2) is 7.73. The number of carbonyl (C=O) groups is 3. The molecule has 0 aromatic carbocycles. The van der Waals surface area contributed by atoms with E-state index in [9.17, 15) is 14.4 Å². The molecule has 0 saturated heterocycles. The first-order valence-electron chi connectivity index (χ1n) is 10.5. The summed E-state index contributed by atoms with van der Waals surface area (Å²) >= 11 is 0. The van der Waals surface area contributed by atoms with Gasteiger partial charge in [-0.15, -0.1) is 0 Å². The Hall–Kier alpha value is -4.22. The molecule has 33 heavy (non-hydrogen) atoms. The fourth-order valence-corrected chi connectivity index (χ4v) is 4.32. The molecule has 0 bridgehead atoms. The van der Waals surface area contributed by atoms with Gasteiger partial charge >= 0.3 is 5.97 Å². The maximum atomic E-state index is 13.2. The Kier molecular flexibility index (Phi) is 4.84. The van der Waals surface area contributed by atoms with E-state index in [-0.39, 0.29) is 17.1 Å². The fourth-order valence-electron chi connectivity index (χ4n) is 4.32. The van der Waals surface area contributed by atoms with Crippen LogP contribution in [0.3, 0.4) is 0 Å². The Morgan fingerprint density at radius 3 is 2.82 bits per heavy atom. The van der Waals surface area contributed by atoms with Gasteiger partial charge in [-0.2, -0.15) is 20.9 Å². The lowest BCUT2D eigenvalue weighted by atomic mass is 10.0. The first-order valence-corrected chi connectivity index (χ1v) is 10.5. The van der Waals surface area contributed by atoms with Crippen molar-refractivity contribution in [1.82, 2.24) is 30.3 Å². The van der Waals surface area contributed by atoms with E-state index in [2.05, 4.69) is 31.2 Å². The maximum absolute atomic E-state index is 13.2. The number of nitrogens with one attached hydrogen (secondary N) is 3. The lowest BCUT2D eigenvalue weighted by molar-refractivity contribution is -0.118. The van der Waals surface area contributed by atoms with Crippen molar-refractivity contribution in [2.24, 2.45) is 0 Å². The summed E-state index contributed by atoms with van der Waals surface area (Å²) in [5.74, 6) is -1.91.